The maximum Gasteiger partial charge on any atom is 0.404 e. The van der Waals surface area contributed by atoms with Crippen LogP contribution in [0.5, 0.6) is 0 Å². The monoisotopic (exact) mass is 186 g/mol. The maximum absolute atomic E-state index is 10.1. The first-order valence-electron chi connectivity index (χ1n) is 3.27. The van der Waals surface area contributed by atoms with E-state index < -0.39 is 6.09 Å². The average Bonchev–Trinajstić information content (AvgIpc) is 2.01. The van der Waals surface area contributed by atoms with Crippen LogP contribution in [0.4, 0.5) is 4.79 Å². The van der Waals surface area contributed by atoms with E-state index in [9.17, 15) is 4.79 Å². The lowest BCUT2D eigenvalue weighted by Crippen LogP contribution is -2.20. The lowest BCUT2D eigenvalue weighted by molar-refractivity contribution is 0.194. The van der Waals surface area contributed by atoms with E-state index in [-0.39, 0.29) is 6.54 Å². The first-order valence-corrected chi connectivity index (χ1v) is 3.64. The molecule has 0 fully saturated rings. The molecule has 0 saturated carbocycles. The van der Waals surface area contributed by atoms with Gasteiger partial charge in [-0.1, -0.05) is 17.7 Å². The van der Waals surface area contributed by atoms with Crippen molar-refractivity contribution < 1.29 is 9.90 Å². The van der Waals surface area contributed by atoms with Crippen molar-refractivity contribution in [2.24, 2.45) is 0 Å². The van der Waals surface area contributed by atoms with Gasteiger partial charge in [-0.2, -0.15) is 0 Å². The Hall–Kier alpha value is -1.29. The molecule has 1 aromatic heterocycles. The number of carbonyl (C=O) groups is 1. The van der Waals surface area contributed by atoms with Gasteiger partial charge in [0, 0.05) is 0 Å². The van der Waals surface area contributed by atoms with Crippen LogP contribution in [-0.2, 0) is 6.54 Å². The fourth-order valence-electron chi connectivity index (χ4n) is 0.715. The summed E-state index contributed by atoms with van der Waals surface area (Å²) in [4.78, 5) is 14.0. The molecule has 12 heavy (non-hydrogen) atoms. The normalized spacial score (nSPS) is 9.42. The molecule has 1 heterocycles. The van der Waals surface area contributed by atoms with E-state index in [0.29, 0.717) is 10.8 Å². The molecule has 0 atom stereocenters. The zero-order chi connectivity index (χ0) is 8.97. The van der Waals surface area contributed by atoms with Crippen molar-refractivity contribution in [3.8, 4) is 0 Å². The summed E-state index contributed by atoms with van der Waals surface area (Å²) in [7, 11) is 0. The highest BCUT2D eigenvalue weighted by molar-refractivity contribution is 6.29. The van der Waals surface area contributed by atoms with Gasteiger partial charge in [0.1, 0.15) is 5.15 Å². The molecule has 0 aliphatic heterocycles. The summed E-state index contributed by atoms with van der Waals surface area (Å²) in [6.45, 7) is 0.176. The first kappa shape index (κ1) is 8.80. The van der Waals surface area contributed by atoms with E-state index in [2.05, 4.69) is 10.3 Å². The van der Waals surface area contributed by atoms with Crippen LogP contribution in [0, 0.1) is 0 Å². The van der Waals surface area contributed by atoms with Crippen molar-refractivity contribution in [1.29, 1.82) is 0 Å². The SMILES string of the molecule is O=C(O)NCc1cccc(Cl)n1. The molecule has 0 aliphatic rings. The lowest BCUT2D eigenvalue weighted by atomic mass is 10.3. The zero-order valence-electron chi connectivity index (χ0n) is 6.12. The topological polar surface area (TPSA) is 62.2 Å². The van der Waals surface area contributed by atoms with Crippen LogP contribution < -0.4 is 5.32 Å². The van der Waals surface area contributed by atoms with Crippen molar-refractivity contribution in [2.45, 2.75) is 6.54 Å². The van der Waals surface area contributed by atoms with Gasteiger partial charge in [-0.05, 0) is 12.1 Å². The summed E-state index contributed by atoms with van der Waals surface area (Å²) in [6.07, 6.45) is -1.07. The molecule has 0 aliphatic carbocycles. The molecule has 0 saturated heterocycles. The molecule has 5 heteroatoms. The third kappa shape index (κ3) is 2.75. The number of rotatable bonds is 2. The fourth-order valence-corrected chi connectivity index (χ4v) is 0.896. The Bertz CT molecular complexity index is 290. The molecule has 0 radical (unpaired) electrons. The molecular formula is C7H7ClN2O2. The van der Waals surface area contributed by atoms with Gasteiger partial charge in [0.2, 0.25) is 0 Å². The van der Waals surface area contributed by atoms with Crippen molar-refractivity contribution >= 4 is 17.7 Å². The van der Waals surface area contributed by atoms with E-state index in [1.807, 2.05) is 0 Å². The minimum absolute atomic E-state index is 0.176. The smallest absolute Gasteiger partial charge is 0.404 e. The Kier molecular flexibility index (Phi) is 2.88. The predicted octanol–water partition coefficient (Wildman–Crippen LogP) is 1.50. The van der Waals surface area contributed by atoms with Crippen LogP contribution in [0.2, 0.25) is 5.15 Å². The molecule has 1 rings (SSSR count). The second-order valence-corrected chi connectivity index (χ2v) is 2.50. The summed E-state index contributed by atoms with van der Waals surface area (Å²) < 4.78 is 0. The van der Waals surface area contributed by atoms with Crippen LogP contribution >= 0.6 is 11.6 Å². The quantitative estimate of drug-likeness (QED) is 0.689. The van der Waals surface area contributed by atoms with Crippen LogP contribution in [0.15, 0.2) is 18.2 Å². The highest BCUT2D eigenvalue weighted by Crippen LogP contribution is 2.04. The van der Waals surface area contributed by atoms with Gasteiger partial charge in [-0.3, -0.25) is 0 Å². The maximum atomic E-state index is 10.1. The molecule has 0 aromatic carbocycles. The third-order valence-corrected chi connectivity index (χ3v) is 1.40. The van der Waals surface area contributed by atoms with E-state index in [0.717, 1.165) is 0 Å². The minimum Gasteiger partial charge on any atom is -0.465 e. The summed E-state index contributed by atoms with van der Waals surface area (Å²) >= 11 is 5.57. The third-order valence-electron chi connectivity index (χ3n) is 1.19. The molecule has 1 amide bonds. The van der Waals surface area contributed by atoms with Gasteiger partial charge in [-0.15, -0.1) is 0 Å². The molecule has 64 valence electrons. The molecular weight excluding hydrogens is 180 g/mol. The molecule has 4 nitrogen and oxygen atoms in total. The van der Waals surface area contributed by atoms with E-state index in [4.69, 9.17) is 16.7 Å². The summed E-state index contributed by atoms with van der Waals surface area (Å²) in [5, 5.41) is 10.8. The molecule has 2 N–H and O–H groups in total. The first-order chi connectivity index (χ1) is 5.68. The number of hydrogen-bond acceptors (Lipinski definition) is 2. The van der Waals surface area contributed by atoms with Crippen LogP contribution in [0.3, 0.4) is 0 Å². The van der Waals surface area contributed by atoms with Crippen LogP contribution in [0.1, 0.15) is 5.69 Å². The number of nitrogens with one attached hydrogen (secondary N) is 1. The van der Waals surface area contributed by atoms with E-state index in [1.165, 1.54) is 0 Å². The lowest BCUT2D eigenvalue weighted by Gasteiger charge is -1.99. The number of carboxylic acid groups (broad SMARTS) is 1. The second kappa shape index (κ2) is 3.92. The Morgan fingerprint density at radius 3 is 3.00 bits per heavy atom. The standard InChI is InChI=1S/C7H7ClN2O2/c8-6-3-1-2-5(10-6)4-9-7(11)12/h1-3,9H,4H2,(H,11,12). The summed E-state index contributed by atoms with van der Waals surface area (Å²) in [6, 6.07) is 5.04. The number of pyridine rings is 1. The highest BCUT2D eigenvalue weighted by Gasteiger charge is 1.97. The van der Waals surface area contributed by atoms with Gasteiger partial charge in [0.25, 0.3) is 0 Å². The van der Waals surface area contributed by atoms with Gasteiger partial charge in [0.05, 0.1) is 12.2 Å². The predicted molar refractivity (Wildman–Crippen MR) is 44.1 cm³/mol. The Morgan fingerprint density at radius 1 is 1.67 bits per heavy atom. The molecule has 0 spiro atoms. The van der Waals surface area contributed by atoms with E-state index >= 15 is 0 Å². The van der Waals surface area contributed by atoms with Crippen molar-refractivity contribution in [1.82, 2.24) is 10.3 Å². The number of nitrogens with zero attached hydrogens (tertiary/aromatic N) is 1. The molecule has 0 unspecified atom stereocenters. The number of halogens is 1. The number of hydrogen-bond donors (Lipinski definition) is 2. The molecule has 0 bridgehead atoms. The Balaban J connectivity index is 2.57. The Labute approximate surface area is 74.2 Å². The number of amides is 1. The number of aromatic nitrogens is 1. The van der Waals surface area contributed by atoms with Crippen molar-refractivity contribution in [3.63, 3.8) is 0 Å². The van der Waals surface area contributed by atoms with Crippen LogP contribution in [-0.4, -0.2) is 16.2 Å². The van der Waals surface area contributed by atoms with Crippen molar-refractivity contribution in [3.05, 3.63) is 29.0 Å². The minimum atomic E-state index is -1.07. The fraction of sp³-hybridized carbons (Fsp3) is 0.143. The van der Waals surface area contributed by atoms with Crippen molar-refractivity contribution in [2.75, 3.05) is 0 Å². The van der Waals surface area contributed by atoms with Crippen LogP contribution in [0.25, 0.3) is 0 Å². The zero-order valence-corrected chi connectivity index (χ0v) is 6.88. The highest BCUT2D eigenvalue weighted by atomic mass is 35.5. The summed E-state index contributed by atoms with van der Waals surface area (Å²) in [5.41, 5.74) is 0.602. The Morgan fingerprint density at radius 2 is 2.42 bits per heavy atom. The van der Waals surface area contributed by atoms with Gasteiger partial charge in [0.15, 0.2) is 0 Å². The average molecular weight is 187 g/mol. The van der Waals surface area contributed by atoms with Gasteiger partial charge >= 0.3 is 6.09 Å². The van der Waals surface area contributed by atoms with Gasteiger partial charge in [-0.25, -0.2) is 9.78 Å². The van der Waals surface area contributed by atoms with E-state index in [1.54, 1.807) is 18.2 Å². The van der Waals surface area contributed by atoms with Gasteiger partial charge < -0.3 is 10.4 Å². The summed E-state index contributed by atoms with van der Waals surface area (Å²) in [5.74, 6) is 0. The second-order valence-electron chi connectivity index (χ2n) is 2.11. The largest absolute Gasteiger partial charge is 0.465 e. The molecule has 1 aromatic rings.